The molecule has 0 atom stereocenters. The second kappa shape index (κ2) is 8.76. The molecule has 0 N–H and O–H groups in total. The van der Waals surface area contributed by atoms with Crippen molar-refractivity contribution in [3.63, 3.8) is 0 Å². The molecule has 4 rings (SSSR count). The zero-order valence-electron chi connectivity index (χ0n) is 20.2. The lowest BCUT2D eigenvalue weighted by molar-refractivity contribution is -0.159. The summed E-state index contributed by atoms with van der Waals surface area (Å²) in [4.78, 5) is 25.7. The van der Waals surface area contributed by atoms with E-state index in [9.17, 15) is 9.59 Å². The van der Waals surface area contributed by atoms with E-state index < -0.39 is 18.2 Å². The number of carbonyl (C=O) groups is 1. The number of esters is 1. The Morgan fingerprint density at radius 3 is 2.06 bits per heavy atom. The van der Waals surface area contributed by atoms with Crippen molar-refractivity contribution in [2.75, 3.05) is 6.79 Å². The van der Waals surface area contributed by atoms with Gasteiger partial charge in [0.1, 0.15) is 0 Å². The molecular formula is C27H27ClN2O4. The Labute approximate surface area is 203 Å². The predicted molar refractivity (Wildman–Crippen MR) is 135 cm³/mol. The molecule has 0 fully saturated rings. The van der Waals surface area contributed by atoms with Gasteiger partial charge in [-0.2, -0.15) is 5.10 Å². The summed E-state index contributed by atoms with van der Waals surface area (Å²) in [5.41, 5.74) is 2.04. The monoisotopic (exact) mass is 478 g/mol. The molecule has 6 nitrogen and oxygen atoms in total. The number of aryl methyl sites for hydroxylation is 3. The maximum absolute atomic E-state index is 13.5. The second-order valence-corrected chi connectivity index (χ2v) is 9.93. The zero-order chi connectivity index (χ0) is 24.8. The lowest BCUT2D eigenvalue weighted by Gasteiger charge is -2.19. The molecule has 0 aliphatic rings. The Hall–Kier alpha value is -3.38. The highest BCUT2D eigenvalue weighted by Gasteiger charge is 2.26. The lowest BCUT2D eigenvalue weighted by atomic mass is 9.91. The van der Waals surface area contributed by atoms with Crippen LogP contribution in [0, 0.1) is 19.3 Å². The lowest BCUT2D eigenvalue weighted by Crippen LogP contribution is -2.26. The zero-order valence-corrected chi connectivity index (χ0v) is 20.9. The number of benzene rings is 3. The van der Waals surface area contributed by atoms with Crippen LogP contribution in [-0.2, 0) is 16.6 Å². The summed E-state index contributed by atoms with van der Waals surface area (Å²) < 4.78 is 12.3. The van der Waals surface area contributed by atoms with Gasteiger partial charge in [-0.05, 0) is 62.2 Å². The van der Waals surface area contributed by atoms with Crippen molar-refractivity contribution in [3.8, 4) is 16.9 Å². The molecule has 0 aliphatic carbocycles. The average molecular weight is 479 g/mol. The van der Waals surface area contributed by atoms with Crippen LogP contribution >= 0.6 is 11.6 Å². The van der Waals surface area contributed by atoms with E-state index in [0.717, 1.165) is 32.7 Å². The fourth-order valence-corrected chi connectivity index (χ4v) is 4.16. The molecule has 0 spiro atoms. The number of nitrogens with zero attached hydrogens (tertiary/aromatic N) is 2. The van der Waals surface area contributed by atoms with E-state index in [0.29, 0.717) is 5.56 Å². The SMILES string of the molecule is Cc1ccc2cc3ccc(C)cc3c(-c3c(OCOC(=O)C(C)(C)C)c(Cl)nn(C)c3=O)c2c1. The van der Waals surface area contributed by atoms with Gasteiger partial charge >= 0.3 is 5.97 Å². The standard InChI is InChI=1S/C27H27ClN2O4/c1-15-7-9-17-13-18-10-8-16(2)12-20(18)21(19(17)11-15)22-23(24(28)29-30(6)25(22)31)33-14-34-26(32)27(3,4)5/h7-13H,14H2,1-6H3. The van der Waals surface area contributed by atoms with Crippen molar-refractivity contribution in [2.24, 2.45) is 12.5 Å². The van der Waals surface area contributed by atoms with E-state index in [4.69, 9.17) is 21.1 Å². The van der Waals surface area contributed by atoms with Gasteiger partial charge in [-0.1, -0.05) is 59.1 Å². The van der Waals surface area contributed by atoms with Gasteiger partial charge in [0.15, 0.2) is 10.9 Å². The first-order valence-electron chi connectivity index (χ1n) is 11.0. The first kappa shape index (κ1) is 23.8. The van der Waals surface area contributed by atoms with Crippen molar-refractivity contribution in [2.45, 2.75) is 34.6 Å². The third-order valence-electron chi connectivity index (χ3n) is 5.68. The van der Waals surface area contributed by atoms with Gasteiger partial charge in [0.2, 0.25) is 6.79 Å². The van der Waals surface area contributed by atoms with Gasteiger partial charge in [-0.3, -0.25) is 9.59 Å². The summed E-state index contributed by atoms with van der Waals surface area (Å²) in [5, 5.41) is 7.88. The summed E-state index contributed by atoms with van der Waals surface area (Å²) >= 11 is 6.49. The van der Waals surface area contributed by atoms with Gasteiger partial charge in [-0.25, -0.2) is 4.68 Å². The van der Waals surface area contributed by atoms with Crippen LogP contribution in [0.1, 0.15) is 31.9 Å². The van der Waals surface area contributed by atoms with Crippen LogP contribution in [-0.4, -0.2) is 22.5 Å². The minimum atomic E-state index is -0.693. The Morgan fingerprint density at radius 1 is 0.971 bits per heavy atom. The molecular weight excluding hydrogens is 452 g/mol. The third kappa shape index (κ3) is 4.38. The molecule has 7 heteroatoms. The number of rotatable bonds is 4. The fraction of sp³-hybridized carbons (Fsp3) is 0.296. The van der Waals surface area contributed by atoms with Gasteiger partial charge in [0, 0.05) is 12.6 Å². The molecule has 4 aromatic rings. The number of fused-ring (bicyclic) bond motifs is 2. The number of aromatic nitrogens is 2. The summed E-state index contributed by atoms with van der Waals surface area (Å²) in [6.45, 7) is 8.87. The summed E-state index contributed by atoms with van der Waals surface area (Å²) in [6, 6.07) is 14.3. The van der Waals surface area contributed by atoms with E-state index >= 15 is 0 Å². The molecule has 0 amide bonds. The van der Waals surface area contributed by atoms with Gasteiger partial charge in [-0.15, -0.1) is 0 Å². The van der Waals surface area contributed by atoms with Crippen LogP contribution in [0.25, 0.3) is 32.7 Å². The smallest absolute Gasteiger partial charge is 0.314 e. The average Bonchev–Trinajstić information content (AvgIpc) is 2.76. The maximum Gasteiger partial charge on any atom is 0.314 e. The van der Waals surface area contributed by atoms with Gasteiger partial charge < -0.3 is 9.47 Å². The maximum atomic E-state index is 13.5. The second-order valence-electron chi connectivity index (χ2n) is 9.57. The van der Waals surface area contributed by atoms with Crippen LogP contribution in [0.3, 0.4) is 0 Å². The van der Waals surface area contributed by atoms with Crippen molar-refractivity contribution in [1.29, 1.82) is 0 Å². The van der Waals surface area contributed by atoms with Crippen molar-refractivity contribution < 1.29 is 14.3 Å². The molecule has 0 saturated carbocycles. The highest BCUT2D eigenvalue weighted by atomic mass is 35.5. The van der Waals surface area contributed by atoms with Crippen LogP contribution < -0.4 is 10.3 Å². The predicted octanol–water partition coefficient (Wildman–Crippen LogP) is 5.95. The quantitative estimate of drug-likeness (QED) is 0.206. The molecule has 0 unspecified atom stereocenters. The van der Waals surface area contributed by atoms with Crippen LogP contribution in [0.2, 0.25) is 5.15 Å². The normalized spacial score (nSPS) is 11.7. The molecule has 1 heterocycles. The van der Waals surface area contributed by atoms with Crippen LogP contribution in [0.15, 0.2) is 47.3 Å². The molecule has 0 radical (unpaired) electrons. The van der Waals surface area contributed by atoms with E-state index in [1.54, 1.807) is 27.8 Å². The molecule has 1 aromatic heterocycles. The highest BCUT2D eigenvalue weighted by Crippen LogP contribution is 2.41. The topological polar surface area (TPSA) is 70.4 Å². The number of carbonyl (C=O) groups excluding carboxylic acids is 1. The fourth-order valence-electron chi connectivity index (χ4n) is 3.90. The Kier molecular flexibility index (Phi) is 6.13. The summed E-state index contributed by atoms with van der Waals surface area (Å²) in [7, 11) is 1.55. The van der Waals surface area contributed by atoms with E-state index in [1.165, 1.54) is 4.68 Å². The molecule has 3 aromatic carbocycles. The Bertz CT molecular complexity index is 1440. The molecule has 0 saturated heterocycles. The van der Waals surface area contributed by atoms with E-state index in [2.05, 4.69) is 11.2 Å². The number of hydrogen-bond acceptors (Lipinski definition) is 5. The minimum Gasteiger partial charge on any atom is -0.453 e. The van der Waals surface area contributed by atoms with E-state index in [1.807, 2.05) is 50.2 Å². The van der Waals surface area contributed by atoms with Crippen LogP contribution in [0.5, 0.6) is 5.75 Å². The molecule has 34 heavy (non-hydrogen) atoms. The number of hydrogen-bond donors (Lipinski definition) is 0. The largest absolute Gasteiger partial charge is 0.453 e. The third-order valence-corrected chi connectivity index (χ3v) is 5.93. The van der Waals surface area contributed by atoms with Crippen molar-refractivity contribution in [1.82, 2.24) is 9.78 Å². The number of halogens is 1. The van der Waals surface area contributed by atoms with Gasteiger partial charge in [0.05, 0.1) is 11.0 Å². The van der Waals surface area contributed by atoms with Crippen LogP contribution in [0.4, 0.5) is 0 Å². The Morgan fingerprint density at radius 2 is 1.53 bits per heavy atom. The molecule has 0 aliphatic heterocycles. The number of ether oxygens (including phenoxy) is 2. The summed E-state index contributed by atoms with van der Waals surface area (Å²) in [5.74, 6) is -0.341. The Balaban J connectivity index is 2.01. The highest BCUT2D eigenvalue weighted by molar-refractivity contribution is 6.31. The molecule has 176 valence electrons. The summed E-state index contributed by atoms with van der Waals surface area (Å²) in [6.07, 6.45) is 0. The molecule has 0 bridgehead atoms. The first-order valence-corrected chi connectivity index (χ1v) is 11.4. The first-order chi connectivity index (χ1) is 16.0. The van der Waals surface area contributed by atoms with E-state index in [-0.39, 0.29) is 22.0 Å². The van der Waals surface area contributed by atoms with Crippen molar-refractivity contribution in [3.05, 3.63) is 69.1 Å². The minimum absolute atomic E-state index is 0.00867. The van der Waals surface area contributed by atoms with Gasteiger partial charge in [0.25, 0.3) is 5.56 Å². The van der Waals surface area contributed by atoms with Crippen molar-refractivity contribution >= 4 is 39.1 Å².